The molecule has 2 unspecified atom stereocenters. The molecule has 0 bridgehead atoms. The number of ether oxygens (including phenoxy) is 2. The van der Waals surface area contributed by atoms with Gasteiger partial charge < -0.3 is 20.1 Å². The average molecular weight is 296 g/mol. The topological polar surface area (TPSA) is 59.6 Å². The zero-order valence-electron chi connectivity index (χ0n) is 12.1. The van der Waals surface area contributed by atoms with Crippen molar-refractivity contribution in [3.8, 4) is 5.75 Å². The lowest BCUT2D eigenvalue weighted by Gasteiger charge is -2.23. The molecule has 1 aliphatic rings. The fourth-order valence-electron chi connectivity index (χ4n) is 2.12. The summed E-state index contributed by atoms with van der Waals surface area (Å²) in [4.78, 5) is 11.8. The van der Waals surface area contributed by atoms with Gasteiger partial charge in [0.25, 0.3) is 0 Å². The first-order chi connectivity index (χ1) is 10.1. The van der Waals surface area contributed by atoms with Gasteiger partial charge in [-0.25, -0.2) is 4.39 Å². The standard InChI is InChI=1S/C15H21FN2O3/c1-11(21-14-4-2-3-12(16)7-14)9-18-15(19)8-13-10-20-6-5-17-13/h2-4,7,11,13,17H,5-6,8-10H2,1H3,(H,18,19). The lowest BCUT2D eigenvalue weighted by molar-refractivity contribution is -0.122. The summed E-state index contributed by atoms with van der Waals surface area (Å²) in [5, 5.41) is 6.04. The molecule has 1 aromatic carbocycles. The van der Waals surface area contributed by atoms with Gasteiger partial charge in [0.05, 0.1) is 19.8 Å². The molecular weight excluding hydrogens is 275 g/mol. The normalized spacial score (nSPS) is 19.8. The minimum Gasteiger partial charge on any atom is -0.489 e. The van der Waals surface area contributed by atoms with Gasteiger partial charge in [-0.15, -0.1) is 0 Å². The number of carbonyl (C=O) groups excluding carboxylic acids is 1. The fraction of sp³-hybridized carbons (Fsp3) is 0.533. The van der Waals surface area contributed by atoms with E-state index in [4.69, 9.17) is 9.47 Å². The van der Waals surface area contributed by atoms with E-state index in [0.29, 0.717) is 31.9 Å². The van der Waals surface area contributed by atoms with E-state index in [-0.39, 0.29) is 23.9 Å². The van der Waals surface area contributed by atoms with Crippen LogP contribution in [0.4, 0.5) is 4.39 Å². The van der Waals surface area contributed by atoms with E-state index in [1.165, 1.54) is 12.1 Å². The summed E-state index contributed by atoms with van der Waals surface area (Å²) in [5.74, 6) is 0.0684. The van der Waals surface area contributed by atoms with Crippen LogP contribution < -0.4 is 15.4 Å². The van der Waals surface area contributed by atoms with Crippen LogP contribution >= 0.6 is 0 Å². The highest BCUT2D eigenvalue weighted by Crippen LogP contribution is 2.13. The van der Waals surface area contributed by atoms with E-state index in [1.807, 2.05) is 6.92 Å². The Morgan fingerprint density at radius 3 is 3.19 bits per heavy atom. The highest BCUT2D eigenvalue weighted by atomic mass is 19.1. The fourth-order valence-corrected chi connectivity index (χ4v) is 2.12. The molecule has 0 aliphatic carbocycles. The Morgan fingerprint density at radius 1 is 1.62 bits per heavy atom. The number of hydrogen-bond acceptors (Lipinski definition) is 4. The Labute approximate surface area is 123 Å². The first kappa shape index (κ1) is 15.7. The predicted octanol–water partition coefficient (Wildman–Crippen LogP) is 1.09. The number of rotatable bonds is 6. The highest BCUT2D eigenvalue weighted by molar-refractivity contribution is 5.76. The number of halogens is 1. The van der Waals surface area contributed by atoms with Crippen molar-refractivity contribution in [2.75, 3.05) is 26.3 Å². The van der Waals surface area contributed by atoms with E-state index in [9.17, 15) is 9.18 Å². The third-order valence-corrected chi connectivity index (χ3v) is 3.15. The first-order valence-electron chi connectivity index (χ1n) is 7.13. The summed E-state index contributed by atoms with van der Waals surface area (Å²) in [6.07, 6.45) is 0.151. The molecular formula is C15H21FN2O3. The van der Waals surface area contributed by atoms with E-state index in [2.05, 4.69) is 10.6 Å². The predicted molar refractivity (Wildman–Crippen MR) is 76.7 cm³/mol. The summed E-state index contributed by atoms with van der Waals surface area (Å²) in [5.41, 5.74) is 0. The van der Waals surface area contributed by atoms with Crippen molar-refractivity contribution >= 4 is 5.91 Å². The molecule has 0 spiro atoms. The molecule has 2 N–H and O–H groups in total. The second-order valence-electron chi connectivity index (χ2n) is 5.12. The third kappa shape index (κ3) is 5.69. The molecule has 1 heterocycles. The van der Waals surface area contributed by atoms with Crippen molar-refractivity contribution in [3.05, 3.63) is 30.1 Å². The molecule has 21 heavy (non-hydrogen) atoms. The van der Waals surface area contributed by atoms with Crippen molar-refractivity contribution in [3.63, 3.8) is 0 Å². The van der Waals surface area contributed by atoms with Crippen molar-refractivity contribution in [2.45, 2.75) is 25.5 Å². The zero-order chi connectivity index (χ0) is 15.1. The molecule has 1 fully saturated rings. The minimum atomic E-state index is -0.341. The van der Waals surface area contributed by atoms with Crippen LogP contribution in [0.5, 0.6) is 5.75 Å². The Bertz CT molecular complexity index is 464. The summed E-state index contributed by atoms with van der Waals surface area (Å²) in [7, 11) is 0. The van der Waals surface area contributed by atoms with Gasteiger partial charge in [0.15, 0.2) is 0 Å². The molecule has 0 aromatic heterocycles. The lowest BCUT2D eigenvalue weighted by atomic mass is 10.2. The van der Waals surface area contributed by atoms with Crippen LogP contribution in [0.2, 0.25) is 0 Å². The molecule has 2 atom stereocenters. The lowest BCUT2D eigenvalue weighted by Crippen LogP contribution is -2.45. The Kier molecular flexibility index (Phi) is 5.95. The molecule has 0 radical (unpaired) electrons. The summed E-state index contributed by atoms with van der Waals surface area (Å²) in [6, 6.07) is 6.02. The Balaban J connectivity index is 1.68. The number of amides is 1. The van der Waals surface area contributed by atoms with Gasteiger partial charge in [0.1, 0.15) is 17.7 Å². The molecule has 1 aromatic rings. The number of benzene rings is 1. The van der Waals surface area contributed by atoms with E-state index >= 15 is 0 Å². The van der Waals surface area contributed by atoms with Crippen LogP contribution in [0.25, 0.3) is 0 Å². The quantitative estimate of drug-likeness (QED) is 0.825. The van der Waals surface area contributed by atoms with Gasteiger partial charge in [-0.1, -0.05) is 6.07 Å². The molecule has 0 saturated carbocycles. The number of hydrogen-bond donors (Lipinski definition) is 2. The highest BCUT2D eigenvalue weighted by Gasteiger charge is 2.17. The average Bonchev–Trinajstić information content (AvgIpc) is 2.46. The SMILES string of the molecule is CC(CNC(=O)CC1COCCN1)Oc1cccc(F)c1. The molecule has 6 heteroatoms. The molecule has 1 aliphatic heterocycles. The molecule has 1 amide bonds. The number of morpholine rings is 1. The van der Waals surface area contributed by atoms with Crippen LogP contribution in [0.1, 0.15) is 13.3 Å². The number of carbonyl (C=O) groups is 1. The molecule has 116 valence electrons. The maximum Gasteiger partial charge on any atom is 0.221 e. The first-order valence-corrected chi connectivity index (χ1v) is 7.13. The van der Waals surface area contributed by atoms with Crippen LogP contribution in [0.15, 0.2) is 24.3 Å². The second-order valence-corrected chi connectivity index (χ2v) is 5.12. The molecule has 1 saturated heterocycles. The van der Waals surface area contributed by atoms with Crippen LogP contribution in [0.3, 0.4) is 0 Å². The van der Waals surface area contributed by atoms with E-state index in [1.54, 1.807) is 12.1 Å². The van der Waals surface area contributed by atoms with Crippen LogP contribution in [-0.4, -0.2) is 44.4 Å². The van der Waals surface area contributed by atoms with Gasteiger partial charge in [-0.3, -0.25) is 4.79 Å². The zero-order valence-corrected chi connectivity index (χ0v) is 12.1. The van der Waals surface area contributed by atoms with Crippen LogP contribution in [-0.2, 0) is 9.53 Å². The van der Waals surface area contributed by atoms with Crippen molar-refractivity contribution in [1.82, 2.24) is 10.6 Å². The van der Waals surface area contributed by atoms with Crippen molar-refractivity contribution in [2.24, 2.45) is 0 Å². The largest absolute Gasteiger partial charge is 0.489 e. The smallest absolute Gasteiger partial charge is 0.221 e. The van der Waals surface area contributed by atoms with Crippen molar-refractivity contribution in [1.29, 1.82) is 0 Å². The Hall–Kier alpha value is -1.66. The maximum atomic E-state index is 13.0. The molecule has 5 nitrogen and oxygen atoms in total. The van der Waals surface area contributed by atoms with Crippen molar-refractivity contribution < 1.29 is 18.7 Å². The van der Waals surface area contributed by atoms with Gasteiger partial charge in [-0.05, 0) is 19.1 Å². The summed E-state index contributed by atoms with van der Waals surface area (Å²) in [6.45, 7) is 4.23. The van der Waals surface area contributed by atoms with Gasteiger partial charge in [0, 0.05) is 25.1 Å². The number of nitrogens with one attached hydrogen (secondary N) is 2. The summed E-state index contributed by atoms with van der Waals surface area (Å²) >= 11 is 0. The maximum absolute atomic E-state index is 13.0. The summed E-state index contributed by atoms with van der Waals surface area (Å²) < 4.78 is 23.9. The van der Waals surface area contributed by atoms with Gasteiger partial charge in [0.2, 0.25) is 5.91 Å². The Morgan fingerprint density at radius 2 is 2.48 bits per heavy atom. The van der Waals surface area contributed by atoms with E-state index < -0.39 is 0 Å². The van der Waals surface area contributed by atoms with E-state index in [0.717, 1.165) is 6.54 Å². The second kappa shape index (κ2) is 7.95. The van der Waals surface area contributed by atoms with Crippen LogP contribution in [0, 0.1) is 5.82 Å². The molecule has 2 rings (SSSR count). The van der Waals surface area contributed by atoms with Gasteiger partial charge >= 0.3 is 0 Å². The monoisotopic (exact) mass is 296 g/mol. The minimum absolute atomic E-state index is 0.0484. The van der Waals surface area contributed by atoms with Gasteiger partial charge in [-0.2, -0.15) is 0 Å². The third-order valence-electron chi connectivity index (χ3n) is 3.15.